The van der Waals surface area contributed by atoms with Crippen LogP contribution in [0.15, 0.2) is 42.5 Å². The standard InChI is InChI=1S/C14H9F2NO/c15-12-6-5-11(7-13(12)16)14(18)10-3-1-9(8-17)2-4-10/h1-7,14,18H. The van der Waals surface area contributed by atoms with Crippen LogP contribution in [-0.4, -0.2) is 5.11 Å². The molecule has 1 N–H and O–H groups in total. The van der Waals surface area contributed by atoms with E-state index in [1.807, 2.05) is 6.07 Å². The number of nitriles is 1. The highest BCUT2D eigenvalue weighted by molar-refractivity contribution is 5.36. The molecule has 90 valence electrons. The molecule has 0 radical (unpaired) electrons. The van der Waals surface area contributed by atoms with Crippen molar-refractivity contribution in [1.29, 1.82) is 5.26 Å². The topological polar surface area (TPSA) is 44.0 Å². The van der Waals surface area contributed by atoms with E-state index in [-0.39, 0.29) is 5.56 Å². The Balaban J connectivity index is 2.32. The van der Waals surface area contributed by atoms with Crippen LogP contribution in [0.5, 0.6) is 0 Å². The molecule has 2 aromatic rings. The van der Waals surface area contributed by atoms with Crippen molar-refractivity contribution in [1.82, 2.24) is 0 Å². The van der Waals surface area contributed by atoms with Gasteiger partial charge in [0, 0.05) is 0 Å². The molecule has 0 bridgehead atoms. The van der Waals surface area contributed by atoms with Gasteiger partial charge in [0.15, 0.2) is 11.6 Å². The fourth-order valence-corrected chi connectivity index (χ4v) is 1.61. The second-order valence-electron chi connectivity index (χ2n) is 3.81. The Bertz CT molecular complexity index is 602. The lowest BCUT2D eigenvalue weighted by molar-refractivity contribution is 0.219. The Morgan fingerprint density at radius 2 is 1.56 bits per heavy atom. The van der Waals surface area contributed by atoms with Gasteiger partial charge in [0.1, 0.15) is 6.10 Å². The third-order valence-electron chi connectivity index (χ3n) is 2.61. The summed E-state index contributed by atoms with van der Waals surface area (Å²) in [5.41, 5.74) is 1.25. The molecule has 1 atom stereocenters. The van der Waals surface area contributed by atoms with E-state index in [0.717, 1.165) is 12.1 Å². The number of aliphatic hydroxyl groups excluding tert-OH is 1. The molecule has 18 heavy (non-hydrogen) atoms. The summed E-state index contributed by atoms with van der Waals surface area (Å²) in [7, 11) is 0. The minimum atomic E-state index is -1.05. The molecule has 4 heteroatoms. The summed E-state index contributed by atoms with van der Waals surface area (Å²) in [4.78, 5) is 0. The van der Waals surface area contributed by atoms with E-state index in [1.54, 1.807) is 24.3 Å². The third-order valence-corrected chi connectivity index (χ3v) is 2.61. The van der Waals surface area contributed by atoms with Gasteiger partial charge < -0.3 is 5.11 Å². The third kappa shape index (κ3) is 2.36. The van der Waals surface area contributed by atoms with Crippen LogP contribution >= 0.6 is 0 Å². The quantitative estimate of drug-likeness (QED) is 0.884. The maximum atomic E-state index is 13.0. The number of benzene rings is 2. The molecular weight excluding hydrogens is 236 g/mol. The Kier molecular flexibility index (Phi) is 3.35. The maximum Gasteiger partial charge on any atom is 0.159 e. The van der Waals surface area contributed by atoms with Crippen molar-refractivity contribution in [3.63, 3.8) is 0 Å². The maximum absolute atomic E-state index is 13.0. The predicted molar refractivity (Wildman–Crippen MR) is 61.6 cm³/mol. The number of halogens is 2. The molecule has 1 unspecified atom stereocenters. The summed E-state index contributed by atoms with van der Waals surface area (Å²) in [6.45, 7) is 0. The van der Waals surface area contributed by atoms with Gasteiger partial charge >= 0.3 is 0 Å². The number of hydrogen-bond donors (Lipinski definition) is 1. The summed E-state index contributed by atoms with van der Waals surface area (Å²) >= 11 is 0. The van der Waals surface area contributed by atoms with Gasteiger partial charge in [-0.3, -0.25) is 0 Å². The van der Waals surface area contributed by atoms with Crippen molar-refractivity contribution in [2.45, 2.75) is 6.10 Å². The highest BCUT2D eigenvalue weighted by Crippen LogP contribution is 2.23. The zero-order chi connectivity index (χ0) is 13.1. The largest absolute Gasteiger partial charge is 0.384 e. The molecule has 2 aromatic carbocycles. The first-order chi connectivity index (χ1) is 8.61. The number of aliphatic hydroxyl groups is 1. The van der Waals surface area contributed by atoms with Gasteiger partial charge in [0.05, 0.1) is 11.6 Å². The van der Waals surface area contributed by atoms with Crippen LogP contribution in [0.3, 0.4) is 0 Å². The van der Waals surface area contributed by atoms with Gasteiger partial charge in [-0.05, 0) is 35.4 Å². The minimum absolute atomic E-state index is 0.263. The van der Waals surface area contributed by atoms with Gasteiger partial charge in [0.2, 0.25) is 0 Å². The van der Waals surface area contributed by atoms with Crippen molar-refractivity contribution in [3.05, 3.63) is 70.8 Å². The second kappa shape index (κ2) is 4.94. The SMILES string of the molecule is N#Cc1ccc(C(O)c2ccc(F)c(F)c2)cc1. The van der Waals surface area contributed by atoms with E-state index in [9.17, 15) is 13.9 Å². The summed E-state index contributed by atoms with van der Waals surface area (Å²) in [6.07, 6.45) is -1.05. The zero-order valence-electron chi connectivity index (χ0n) is 9.27. The Hall–Kier alpha value is -2.25. The molecule has 2 nitrogen and oxygen atoms in total. The van der Waals surface area contributed by atoms with E-state index < -0.39 is 17.7 Å². The van der Waals surface area contributed by atoms with Gasteiger partial charge in [-0.1, -0.05) is 18.2 Å². The molecule has 0 amide bonds. The fourth-order valence-electron chi connectivity index (χ4n) is 1.61. The van der Waals surface area contributed by atoms with Crippen molar-refractivity contribution in [2.24, 2.45) is 0 Å². The average Bonchev–Trinajstić information content (AvgIpc) is 2.41. The minimum Gasteiger partial charge on any atom is -0.384 e. The van der Waals surface area contributed by atoms with E-state index in [0.29, 0.717) is 11.1 Å². The smallest absolute Gasteiger partial charge is 0.159 e. The zero-order valence-corrected chi connectivity index (χ0v) is 9.27. The lowest BCUT2D eigenvalue weighted by Crippen LogP contribution is -2.01. The number of rotatable bonds is 2. The first-order valence-corrected chi connectivity index (χ1v) is 5.25. The predicted octanol–water partition coefficient (Wildman–Crippen LogP) is 2.92. The Labute approximate surface area is 103 Å². The fraction of sp³-hybridized carbons (Fsp3) is 0.0714. The van der Waals surface area contributed by atoms with Gasteiger partial charge in [0.25, 0.3) is 0 Å². The highest BCUT2D eigenvalue weighted by Gasteiger charge is 2.12. The molecule has 0 saturated heterocycles. The van der Waals surface area contributed by atoms with Gasteiger partial charge in [-0.25, -0.2) is 8.78 Å². The van der Waals surface area contributed by atoms with Crippen LogP contribution in [0, 0.1) is 23.0 Å². The average molecular weight is 245 g/mol. The summed E-state index contributed by atoms with van der Waals surface area (Å²) in [5.74, 6) is -1.95. The van der Waals surface area contributed by atoms with Crippen LogP contribution in [0.1, 0.15) is 22.8 Å². The van der Waals surface area contributed by atoms with Gasteiger partial charge in [-0.15, -0.1) is 0 Å². The van der Waals surface area contributed by atoms with Crippen molar-refractivity contribution < 1.29 is 13.9 Å². The van der Waals surface area contributed by atoms with E-state index in [4.69, 9.17) is 5.26 Å². The first-order valence-electron chi connectivity index (χ1n) is 5.25. The van der Waals surface area contributed by atoms with E-state index in [1.165, 1.54) is 6.07 Å². The van der Waals surface area contributed by atoms with Crippen LogP contribution < -0.4 is 0 Å². The second-order valence-corrected chi connectivity index (χ2v) is 3.81. The molecule has 0 aliphatic heterocycles. The molecular formula is C14H9F2NO. The summed E-state index contributed by atoms with van der Waals surface area (Å²) in [6, 6.07) is 11.5. The molecule has 0 heterocycles. The summed E-state index contributed by atoms with van der Waals surface area (Å²) < 4.78 is 25.8. The number of hydrogen-bond acceptors (Lipinski definition) is 2. The van der Waals surface area contributed by atoms with Crippen molar-refractivity contribution in [2.75, 3.05) is 0 Å². The van der Waals surface area contributed by atoms with Crippen LogP contribution in [0.2, 0.25) is 0 Å². The van der Waals surface area contributed by atoms with E-state index >= 15 is 0 Å². The highest BCUT2D eigenvalue weighted by atomic mass is 19.2. The van der Waals surface area contributed by atoms with Crippen molar-refractivity contribution in [3.8, 4) is 6.07 Å². The summed E-state index contributed by atoms with van der Waals surface area (Å²) in [5, 5.41) is 18.6. The van der Waals surface area contributed by atoms with Crippen LogP contribution in [-0.2, 0) is 0 Å². The van der Waals surface area contributed by atoms with Crippen molar-refractivity contribution >= 4 is 0 Å². The Morgan fingerprint density at radius 1 is 0.944 bits per heavy atom. The normalized spacial score (nSPS) is 11.9. The lowest BCUT2D eigenvalue weighted by atomic mass is 10.0. The lowest BCUT2D eigenvalue weighted by Gasteiger charge is -2.11. The molecule has 2 rings (SSSR count). The Morgan fingerprint density at radius 3 is 2.11 bits per heavy atom. The molecule has 0 aliphatic carbocycles. The molecule has 0 aliphatic rings. The van der Waals surface area contributed by atoms with Gasteiger partial charge in [-0.2, -0.15) is 5.26 Å². The van der Waals surface area contributed by atoms with E-state index in [2.05, 4.69) is 0 Å². The molecule has 0 fully saturated rings. The number of nitrogens with zero attached hydrogens (tertiary/aromatic N) is 1. The first kappa shape index (κ1) is 12.2. The van der Waals surface area contributed by atoms with Crippen LogP contribution in [0.4, 0.5) is 8.78 Å². The molecule has 0 spiro atoms. The van der Waals surface area contributed by atoms with Crippen LogP contribution in [0.25, 0.3) is 0 Å². The molecule has 0 aromatic heterocycles. The monoisotopic (exact) mass is 245 g/mol. The molecule has 0 saturated carbocycles.